The largest absolute Gasteiger partial charge is 0.489 e. The van der Waals surface area contributed by atoms with Crippen molar-refractivity contribution >= 4 is 0 Å². The van der Waals surface area contributed by atoms with Gasteiger partial charge in [-0.2, -0.15) is 5.26 Å². The minimum atomic E-state index is 0.384. The molecule has 1 aliphatic carbocycles. The molecule has 0 amide bonds. The SMILES string of the molecule is CCCN1CCCCC12CCc1cc(OCc3ccccc3C#N)ccc1C2. The number of aryl methyl sites for hydroxylation is 1. The summed E-state index contributed by atoms with van der Waals surface area (Å²) in [5, 5.41) is 9.24. The van der Waals surface area contributed by atoms with Crippen molar-refractivity contribution < 1.29 is 4.74 Å². The van der Waals surface area contributed by atoms with Gasteiger partial charge < -0.3 is 4.74 Å². The number of nitriles is 1. The van der Waals surface area contributed by atoms with E-state index in [1.807, 2.05) is 24.3 Å². The molecule has 1 heterocycles. The third kappa shape index (κ3) is 3.80. The Morgan fingerprint density at radius 3 is 2.86 bits per heavy atom. The monoisotopic (exact) mass is 374 g/mol. The molecule has 0 N–H and O–H groups in total. The Balaban J connectivity index is 1.47. The molecular weight excluding hydrogens is 344 g/mol. The summed E-state index contributed by atoms with van der Waals surface area (Å²) in [6.45, 7) is 5.24. The molecule has 0 aromatic heterocycles. The van der Waals surface area contributed by atoms with Crippen LogP contribution >= 0.6 is 0 Å². The van der Waals surface area contributed by atoms with Gasteiger partial charge in [0.25, 0.3) is 0 Å². The summed E-state index contributed by atoms with van der Waals surface area (Å²) in [6.07, 6.45) is 8.89. The standard InChI is InChI=1S/C25H30N2O/c1-2-14-27-15-6-5-12-25(27)13-11-20-16-24(10-9-21(20)17-25)28-19-23-8-4-3-7-22(23)18-26/h3-4,7-10,16H,2,5-6,11-15,17,19H2,1H3. The van der Waals surface area contributed by atoms with Crippen LogP contribution < -0.4 is 4.74 Å². The zero-order chi connectivity index (χ0) is 19.4. The number of hydrogen-bond donors (Lipinski definition) is 0. The lowest BCUT2D eigenvalue weighted by molar-refractivity contribution is 0.0340. The molecule has 28 heavy (non-hydrogen) atoms. The number of rotatable bonds is 5. The van der Waals surface area contributed by atoms with Gasteiger partial charge in [0.05, 0.1) is 11.6 Å². The Bertz CT molecular complexity index is 867. The van der Waals surface area contributed by atoms with Crippen LogP contribution in [0.5, 0.6) is 5.75 Å². The molecule has 1 saturated heterocycles. The van der Waals surface area contributed by atoms with E-state index in [4.69, 9.17) is 4.74 Å². The molecule has 4 rings (SSSR count). The van der Waals surface area contributed by atoms with Crippen molar-refractivity contribution in [2.24, 2.45) is 0 Å². The first-order valence-corrected chi connectivity index (χ1v) is 10.7. The first-order chi connectivity index (χ1) is 13.7. The number of fused-ring (bicyclic) bond motifs is 1. The van der Waals surface area contributed by atoms with Gasteiger partial charge in [-0.25, -0.2) is 0 Å². The lowest BCUT2D eigenvalue weighted by Crippen LogP contribution is -2.55. The van der Waals surface area contributed by atoms with E-state index in [1.54, 1.807) is 0 Å². The Kier molecular flexibility index (Phi) is 5.69. The van der Waals surface area contributed by atoms with E-state index in [0.29, 0.717) is 17.7 Å². The number of ether oxygens (including phenoxy) is 1. The molecular formula is C25H30N2O. The predicted molar refractivity (Wildman–Crippen MR) is 112 cm³/mol. The maximum Gasteiger partial charge on any atom is 0.120 e. The summed E-state index contributed by atoms with van der Waals surface area (Å²) >= 11 is 0. The van der Waals surface area contributed by atoms with Crippen LogP contribution in [0.1, 0.15) is 61.3 Å². The molecule has 1 unspecified atom stereocenters. The lowest BCUT2D eigenvalue weighted by atomic mass is 9.72. The van der Waals surface area contributed by atoms with Crippen LogP contribution in [0, 0.1) is 11.3 Å². The highest BCUT2D eigenvalue weighted by atomic mass is 16.5. The number of nitrogens with zero attached hydrogens (tertiary/aromatic N) is 2. The highest BCUT2D eigenvalue weighted by molar-refractivity contribution is 5.40. The third-order valence-corrected chi connectivity index (χ3v) is 6.57. The van der Waals surface area contributed by atoms with Gasteiger partial charge in [0.2, 0.25) is 0 Å². The summed E-state index contributed by atoms with van der Waals surface area (Å²) in [5.74, 6) is 0.913. The van der Waals surface area contributed by atoms with Gasteiger partial charge in [0, 0.05) is 11.1 Å². The van der Waals surface area contributed by atoms with E-state index in [-0.39, 0.29) is 0 Å². The van der Waals surface area contributed by atoms with Crippen LogP contribution in [0.2, 0.25) is 0 Å². The van der Waals surface area contributed by atoms with Crippen molar-refractivity contribution in [1.29, 1.82) is 5.26 Å². The molecule has 0 saturated carbocycles. The van der Waals surface area contributed by atoms with Crippen molar-refractivity contribution in [3.8, 4) is 11.8 Å². The number of benzene rings is 2. The Morgan fingerprint density at radius 1 is 1.11 bits per heavy atom. The quantitative estimate of drug-likeness (QED) is 0.716. The van der Waals surface area contributed by atoms with Gasteiger partial charge in [-0.15, -0.1) is 0 Å². The first-order valence-electron chi connectivity index (χ1n) is 10.7. The van der Waals surface area contributed by atoms with Crippen molar-refractivity contribution in [1.82, 2.24) is 4.90 Å². The topological polar surface area (TPSA) is 36.3 Å². The minimum absolute atomic E-state index is 0.384. The van der Waals surface area contributed by atoms with Crippen LogP contribution in [0.15, 0.2) is 42.5 Å². The maximum absolute atomic E-state index is 9.24. The molecule has 2 aromatic rings. The second-order valence-electron chi connectivity index (χ2n) is 8.33. The van der Waals surface area contributed by atoms with Gasteiger partial charge in [0.15, 0.2) is 0 Å². The summed E-state index contributed by atoms with van der Waals surface area (Å²) in [4.78, 5) is 2.78. The van der Waals surface area contributed by atoms with Gasteiger partial charge in [-0.05, 0) is 80.9 Å². The van der Waals surface area contributed by atoms with E-state index in [2.05, 4.69) is 36.1 Å². The summed E-state index contributed by atoms with van der Waals surface area (Å²) in [7, 11) is 0. The molecule has 1 fully saturated rings. The summed E-state index contributed by atoms with van der Waals surface area (Å²) in [6, 6.07) is 16.5. The Labute approximate surface area is 168 Å². The van der Waals surface area contributed by atoms with Crippen molar-refractivity contribution in [3.63, 3.8) is 0 Å². The Hall–Kier alpha value is -2.31. The number of piperidine rings is 1. The minimum Gasteiger partial charge on any atom is -0.489 e. The molecule has 1 atom stereocenters. The smallest absolute Gasteiger partial charge is 0.120 e. The van der Waals surface area contributed by atoms with Gasteiger partial charge in [-0.3, -0.25) is 4.90 Å². The first kappa shape index (κ1) is 19.0. The van der Waals surface area contributed by atoms with Crippen LogP contribution in [0.3, 0.4) is 0 Å². The highest BCUT2D eigenvalue weighted by Crippen LogP contribution is 2.40. The summed E-state index contributed by atoms with van der Waals surface area (Å²) < 4.78 is 6.04. The van der Waals surface area contributed by atoms with Gasteiger partial charge in [0.1, 0.15) is 12.4 Å². The molecule has 3 heteroatoms. The molecule has 1 aliphatic heterocycles. The van der Waals surface area contributed by atoms with Crippen LogP contribution in [0.4, 0.5) is 0 Å². The van der Waals surface area contributed by atoms with E-state index in [9.17, 15) is 5.26 Å². The molecule has 0 radical (unpaired) electrons. The fraction of sp³-hybridized carbons (Fsp3) is 0.480. The molecule has 0 bridgehead atoms. The second-order valence-corrected chi connectivity index (χ2v) is 8.33. The van der Waals surface area contributed by atoms with Crippen molar-refractivity contribution in [3.05, 3.63) is 64.7 Å². The summed E-state index contributed by atoms with van der Waals surface area (Å²) in [5.41, 5.74) is 4.96. The van der Waals surface area contributed by atoms with Gasteiger partial charge in [-0.1, -0.05) is 37.6 Å². The lowest BCUT2D eigenvalue weighted by Gasteiger charge is -2.50. The van der Waals surface area contributed by atoms with Gasteiger partial charge >= 0.3 is 0 Å². The van der Waals surface area contributed by atoms with Crippen LogP contribution in [0.25, 0.3) is 0 Å². The molecule has 146 valence electrons. The third-order valence-electron chi connectivity index (χ3n) is 6.57. The van der Waals surface area contributed by atoms with Crippen molar-refractivity contribution in [2.45, 2.75) is 64.0 Å². The zero-order valence-electron chi connectivity index (χ0n) is 16.9. The van der Waals surface area contributed by atoms with E-state index >= 15 is 0 Å². The molecule has 2 aromatic carbocycles. The van der Waals surface area contributed by atoms with E-state index in [1.165, 1.54) is 62.7 Å². The van der Waals surface area contributed by atoms with E-state index in [0.717, 1.165) is 17.7 Å². The normalized spacial score (nSPS) is 21.9. The average molecular weight is 375 g/mol. The molecule has 3 nitrogen and oxygen atoms in total. The molecule has 1 spiro atoms. The average Bonchev–Trinajstić information content (AvgIpc) is 2.74. The highest BCUT2D eigenvalue weighted by Gasteiger charge is 2.40. The number of hydrogen-bond acceptors (Lipinski definition) is 3. The predicted octanol–water partition coefficient (Wildman–Crippen LogP) is 5.26. The van der Waals surface area contributed by atoms with E-state index < -0.39 is 0 Å². The Morgan fingerprint density at radius 2 is 2.00 bits per heavy atom. The van der Waals surface area contributed by atoms with Crippen LogP contribution in [-0.2, 0) is 19.4 Å². The number of likely N-dealkylation sites (tertiary alicyclic amines) is 1. The maximum atomic E-state index is 9.24. The van der Waals surface area contributed by atoms with Crippen molar-refractivity contribution in [2.75, 3.05) is 13.1 Å². The fourth-order valence-corrected chi connectivity index (χ4v) is 5.08. The molecule has 2 aliphatic rings. The van der Waals surface area contributed by atoms with Crippen LogP contribution in [-0.4, -0.2) is 23.5 Å². The zero-order valence-corrected chi connectivity index (χ0v) is 16.9. The fourth-order valence-electron chi connectivity index (χ4n) is 5.08. The second kappa shape index (κ2) is 8.37.